The van der Waals surface area contributed by atoms with Crippen molar-refractivity contribution in [3.05, 3.63) is 28.7 Å². The normalized spacial score (nSPS) is 22.2. The van der Waals surface area contributed by atoms with Crippen LogP contribution in [0.5, 0.6) is 0 Å². The van der Waals surface area contributed by atoms with Gasteiger partial charge in [0.05, 0.1) is 6.54 Å². The zero-order chi connectivity index (χ0) is 14.5. The molecule has 5 heteroatoms. The van der Waals surface area contributed by atoms with Crippen LogP contribution < -0.4 is 11.1 Å². The van der Waals surface area contributed by atoms with E-state index in [0.29, 0.717) is 25.0 Å². The second-order valence-corrected chi connectivity index (χ2v) is 6.38. The Morgan fingerprint density at radius 2 is 2.10 bits per heavy atom. The first-order valence-electron chi connectivity index (χ1n) is 7.06. The first-order valence-corrected chi connectivity index (χ1v) is 7.85. The minimum atomic E-state index is 0.0255. The maximum atomic E-state index is 12.1. The summed E-state index contributed by atoms with van der Waals surface area (Å²) in [4.78, 5) is 14.2. The lowest BCUT2D eigenvalue weighted by Crippen LogP contribution is -2.41. The smallest absolute Gasteiger partial charge is 0.238 e. The maximum absolute atomic E-state index is 12.1. The molecule has 0 heterocycles. The van der Waals surface area contributed by atoms with E-state index >= 15 is 0 Å². The standard InChI is InChI=1S/C15H22BrN3O/c1-19(14-4-2-3-11(14)9-17)10-15(20)18-13-7-5-12(16)6-8-13/h5-8,11,14H,2-4,9-10,17H2,1H3,(H,18,20). The molecule has 2 unspecified atom stereocenters. The van der Waals surface area contributed by atoms with Crippen molar-refractivity contribution in [2.75, 3.05) is 25.5 Å². The van der Waals surface area contributed by atoms with E-state index in [0.717, 1.165) is 16.6 Å². The summed E-state index contributed by atoms with van der Waals surface area (Å²) in [7, 11) is 2.01. The van der Waals surface area contributed by atoms with Crippen LogP contribution in [0.15, 0.2) is 28.7 Å². The Labute approximate surface area is 128 Å². The molecule has 2 atom stereocenters. The van der Waals surface area contributed by atoms with Crippen molar-refractivity contribution in [2.45, 2.75) is 25.3 Å². The van der Waals surface area contributed by atoms with Crippen LogP contribution in [0.4, 0.5) is 5.69 Å². The molecule has 0 bridgehead atoms. The summed E-state index contributed by atoms with van der Waals surface area (Å²) in [6, 6.07) is 8.05. The number of hydrogen-bond donors (Lipinski definition) is 2. The van der Waals surface area contributed by atoms with E-state index in [1.54, 1.807) is 0 Å². The largest absolute Gasteiger partial charge is 0.330 e. The van der Waals surface area contributed by atoms with Gasteiger partial charge in [0.2, 0.25) is 5.91 Å². The molecule has 2 rings (SSSR count). The monoisotopic (exact) mass is 339 g/mol. The van der Waals surface area contributed by atoms with Gasteiger partial charge >= 0.3 is 0 Å². The predicted octanol–water partition coefficient (Wildman–Crippen LogP) is 2.45. The molecule has 0 radical (unpaired) electrons. The van der Waals surface area contributed by atoms with Crippen LogP contribution in [-0.2, 0) is 4.79 Å². The average molecular weight is 340 g/mol. The molecule has 0 aliphatic heterocycles. The summed E-state index contributed by atoms with van der Waals surface area (Å²) >= 11 is 3.38. The van der Waals surface area contributed by atoms with Crippen LogP contribution in [-0.4, -0.2) is 37.0 Å². The highest BCUT2D eigenvalue weighted by Gasteiger charge is 2.29. The number of likely N-dealkylation sites (N-methyl/N-ethyl adjacent to an activating group) is 1. The summed E-state index contributed by atoms with van der Waals surface area (Å²) in [6.07, 6.45) is 3.54. The minimum absolute atomic E-state index is 0.0255. The fraction of sp³-hybridized carbons (Fsp3) is 0.533. The Balaban J connectivity index is 1.86. The molecule has 0 aromatic heterocycles. The van der Waals surface area contributed by atoms with Crippen molar-refractivity contribution in [3.63, 3.8) is 0 Å². The first-order chi connectivity index (χ1) is 9.60. The first kappa shape index (κ1) is 15.5. The molecule has 20 heavy (non-hydrogen) atoms. The molecule has 0 saturated heterocycles. The van der Waals surface area contributed by atoms with Gasteiger partial charge in [-0.15, -0.1) is 0 Å². The Bertz CT molecular complexity index is 449. The van der Waals surface area contributed by atoms with Crippen molar-refractivity contribution in [1.29, 1.82) is 0 Å². The highest BCUT2D eigenvalue weighted by atomic mass is 79.9. The lowest BCUT2D eigenvalue weighted by Gasteiger charge is -2.28. The van der Waals surface area contributed by atoms with Gasteiger partial charge in [0.15, 0.2) is 0 Å². The van der Waals surface area contributed by atoms with Gasteiger partial charge in [-0.25, -0.2) is 0 Å². The molecular formula is C15H22BrN3O. The number of carbonyl (C=O) groups excluding carboxylic acids is 1. The van der Waals surface area contributed by atoms with E-state index in [4.69, 9.17) is 5.73 Å². The predicted molar refractivity (Wildman–Crippen MR) is 85.6 cm³/mol. The number of nitrogens with one attached hydrogen (secondary N) is 1. The highest BCUT2D eigenvalue weighted by Crippen LogP contribution is 2.28. The molecule has 4 nitrogen and oxygen atoms in total. The average Bonchev–Trinajstić information content (AvgIpc) is 2.89. The molecule has 3 N–H and O–H groups in total. The topological polar surface area (TPSA) is 58.4 Å². The molecule has 1 aliphatic rings. The third-order valence-corrected chi connectivity index (χ3v) is 4.54. The van der Waals surface area contributed by atoms with Gasteiger partial charge in [-0.3, -0.25) is 9.69 Å². The molecule has 1 aliphatic carbocycles. The number of nitrogens with zero attached hydrogens (tertiary/aromatic N) is 1. The lowest BCUT2D eigenvalue weighted by molar-refractivity contribution is -0.117. The van der Waals surface area contributed by atoms with Crippen molar-refractivity contribution < 1.29 is 4.79 Å². The number of benzene rings is 1. The Kier molecular flexibility index (Phi) is 5.57. The Hall–Kier alpha value is -0.910. The van der Waals surface area contributed by atoms with E-state index in [-0.39, 0.29) is 5.91 Å². The molecular weight excluding hydrogens is 318 g/mol. The number of nitrogens with two attached hydrogens (primary N) is 1. The SMILES string of the molecule is CN(CC(=O)Nc1ccc(Br)cc1)C1CCCC1CN. The number of hydrogen-bond acceptors (Lipinski definition) is 3. The van der Waals surface area contributed by atoms with Gasteiger partial charge in [0.1, 0.15) is 0 Å². The lowest BCUT2D eigenvalue weighted by atomic mass is 10.0. The van der Waals surface area contributed by atoms with Crippen LogP contribution in [0.1, 0.15) is 19.3 Å². The number of anilines is 1. The third-order valence-electron chi connectivity index (χ3n) is 4.01. The number of amides is 1. The van der Waals surface area contributed by atoms with Crippen LogP contribution >= 0.6 is 15.9 Å². The molecule has 110 valence electrons. The van der Waals surface area contributed by atoms with Gasteiger partial charge in [0.25, 0.3) is 0 Å². The Morgan fingerprint density at radius 1 is 1.40 bits per heavy atom. The molecule has 1 aromatic carbocycles. The molecule has 0 spiro atoms. The van der Waals surface area contributed by atoms with Gasteiger partial charge in [-0.05, 0) is 56.6 Å². The second-order valence-electron chi connectivity index (χ2n) is 5.46. The van der Waals surface area contributed by atoms with Crippen LogP contribution in [0.25, 0.3) is 0 Å². The van der Waals surface area contributed by atoms with E-state index < -0.39 is 0 Å². The molecule has 1 saturated carbocycles. The maximum Gasteiger partial charge on any atom is 0.238 e. The number of carbonyl (C=O) groups is 1. The van der Waals surface area contributed by atoms with Crippen LogP contribution in [0, 0.1) is 5.92 Å². The van der Waals surface area contributed by atoms with Gasteiger partial charge < -0.3 is 11.1 Å². The van der Waals surface area contributed by atoms with E-state index in [1.807, 2.05) is 31.3 Å². The fourth-order valence-corrected chi connectivity index (χ4v) is 3.21. The quantitative estimate of drug-likeness (QED) is 0.866. The summed E-state index contributed by atoms with van der Waals surface area (Å²) in [5, 5.41) is 2.92. The van der Waals surface area contributed by atoms with E-state index in [1.165, 1.54) is 12.8 Å². The number of halogens is 1. The molecule has 1 fully saturated rings. The van der Waals surface area contributed by atoms with Crippen LogP contribution in [0.3, 0.4) is 0 Å². The Morgan fingerprint density at radius 3 is 2.75 bits per heavy atom. The second kappa shape index (κ2) is 7.20. The zero-order valence-electron chi connectivity index (χ0n) is 11.8. The zero-order valence-corrected chi connectivity index (χ0v) is 13.4. The van der Waals surface area contributed by atoms with E-state index in [2.05, 4.69) is 26.1 Å². The fourth-order valence-electron chi connectivity index (χ4n) is 2.95. The van der Waals surface area contributed by atoms with Gasteiger partial charge in [-0.1, -0.05) is 22.4 Å². The number of rotatable bonds is 5. The van der Waals surface area contributed by atoms with Crippen molar-refractivity contribution in [2.24, 2.45) is 11.7 Å². The third kappa shape index (κ3) is 4.04. The van der Waals surface area contributed by atoms with Crippen molar-refractivity contribution in [3.8, 4) is 0 Å². The van der Waals surface area contributed by atoms with Crippen molar-refractivity contribution >= 4 is 27.5 Å². The summed E-state index contributed by atoms with van der Waals surface area (Å²) in [5.41, 5.74) is 6.63. The van der Waals surface area contributed by atoms with Gasteiger partial charge in [-0.2, -0.15) is 0 Å². The van der Waals surface area contributed by atoms with Crippen LogP contribution in [0.2, 0.25) is 0 Å². The highest BCUT2D eigenvalue weighted by molar-refractivity contribution is 9.10. The summed E-state index contributed by atoms with van der Waals surface area (Å²) < 4.78 is 1.00. The molecule has 1 aromatic rings. The summed E-state index contributed by atoms with van der Waals surface area (Å²) in [6.45, 7) is 1.13. The van der Waals surface area contributed by atoms with Gasteiger partial charge in [0, 0.05) is 16.2 Å². The summed E-state index contributed by atoms with van der Waals surface area (Å²) in [5.74, 6) is 0.554. The minimum Gasteiger partial charge on any atom is -0.330 e. The van der Waals surface area contributed by atoms with E-state index in [9.17, 15) is 4.79 Å². The molecule has 1 amide bonds. The van der Waals surface area contributed by atoms with Crippen molar-refractivity contribution in [1.82, 2.24) is 4.90 Å².